The Labute approximate surface area is 143 Å². The van der Waals surface area contributed by atoms with Gasteiger partial charge in [-0.05, 0) is 31.2 Å². The molecule has 1 aromatic carbocycles. The summed E-state index contributed by atoms with van der Waals surface area (Å²) in [5, 5.41) is 5.21. The smallest absolute Gasteiger partial charge is 0.361 e. The number of benzene rings is 1. The van der Waals surface area contributed by atoms with E-state index < -0.39 is 18.0 Å². The molecule has 0 unspecified atom stereocenters. The summed E-state index contributed by atoms with van der Waals surface area (Å²) in [6, 6.07) is 6.48. The molecule has 0 aliphatic rings. The zero-order valence-electron chi connectivity index (χ0n) is 13.6. The minimum atomic E-state index is -1.07. The molecule has 0 spiro atoms. The number of aromatic nitrogens is 2. The molecule has 1 aromatic heterocycles. The van der Waals surface area contributed by atoms with E-state index in [1.54, 1.807) is 24.3 Å². The average Bonchev–Trinajstić information content (AvgIpc) is 2.56. The molecule has 0 bridgehead atoms. The van der Waals surface area contributed by atoms with Gasteiger partial charge in [0, 0.05) is 30.7 Å². The number of nitrogens with zero attached hydrogens (tertiary/aromatic N) is 2. The number of nitrogen functional groups attached to an aromatic ring is 1. The number of carbonyl (C=O) groups is 3. The normalized spacial score (nSPS) is 11.3. The van der Waals surface area contributed by atoms with Crippen LogP contribution >= 0.6 is 0 Å². The highest BCUT2D eigenvalue weighted by molar-refractivity contribution is 5.98. The number of hydrogen-bond acceptors (Lipinski definition) is 7. The first kappa shape index (κ1) is 17.9. The summed E-state index contributed by atoms with van der Waals surface area (Å²) in [7, 11) is 0. The number of nitrogens with two attached hydrogens (primary N) is 1. The van der Waals surface area contributed by atoms with Crippen LogP contribution in [0.5, 0.6) is 0 Å². The summed E-state index contributed by atoms with van der Waals surface area (Å²) >= 11 is 0. The lowest BCUT2D eigenvalue weighted by Crippen LogP contribution is -2.30. The number of hydrogen-bond donors (Lipinski definition) is 3. The largest absolute Gasteiger partial charge is 0.448 e. The van der Waals surface area contributed by atoms with E-state index in [0.29, 0.717) is 11.4 Å². The zero-order chi connectivity index (χ0) is 18.4. The third kappa shape index (κ3) is 4.99. The summed E-state index contributed by atoms with van der Waals surface area (Å²) in [4.78, 5) is 42.5. The van der Waals surface area contributed by atoms with Crippen LogP contribution in [0.25, 0.3) is 0 Å². The van der Waals surface area contributed by atoms with Crippen molar-refractivity contribution in [1.82, 2.24) is 9.97 Å². The van der Waals surface area contributed by atoms with E-state index in [1.165, 1.54) is 26.2 Å². The molecular formula is C16H17N5O4. The molecule has 1 atom stereocenters. The second kappa shape index (κ2) is 7.86. The SMILES string of the molecule is CC(=O)Nc1ccc(NC(=O)[C@H](C)OC(=O)c2nccnc2N)cc1. The molecule has 0 radical (unpaired) electrons. The van der Waals surface area contributed by atoms with Gasteiger partial charge >= 0.3 is 5.97 Å². The lowest BCUT2D eigenvalue weighted by atomic mass is 10.2. The van der Waals surface area contributed by atoms with E-state index in [1.807, 2.05) is 0 Å². The van der Waals surface area contributed by atoms with Gasteiger partial charge in [-0.15, -0.1) is 0 Å². The van der Waals surface area contributed by atoms with E-state index in [0.717, 1.165) is 0 Å². The number of nitrogens with one attached hydrogen (secondary N) is 2. The molecule has 0 aliphatic heterocycles. The highest BCUT2D eigenvalue weighted by Gasteiger charge is 2.21. The fourth-order valence-electron chi connectivity index (χ4n) is 1.86. The Morgan fingerprint density at radius 1 is 1.04 bits per heavy atom. The van der Waals surface area contributed by atoms with Gasteiger partial charge in [-0.25, -0.2) is 14.8 Å². The number of amides is 2. The molecule has 2 rings (SSSR count). The molecule has 4 N–H and O–H groups in total. The topological polar surface area (TPSA) is 136 Å². The first-order chi connectivity index (χ1) is 11.9. The highest BCUT2D eigenvalue weighted by Crippen LogP contribution is 2.14. The third-order valence-electron chi connectivity index (χ3n) is 3.05. The monoisotopic (exact) mass is 343 g/mol. The summed E-state index contributed by atoms with van der Waals surface area (Å²) in [6.45, 7) is 2.82. The molecule has 130 valence electrons. The predicted octanol–water partition coefficient (Wildman–Crippen LogP) is 1.20. The van der Waals surface area contributed by atoms with E-state index in [-0.39, 0.29) is 17.4 Å². The van der Waals surface area contributed by atoms with Crippen molar-refractivity contribution < 1.29 is 19.1 Å². The van der Waals surface area contributed by atoms with Gasteiger partial charge in [0.2, 0.25) is 5.91 Å². The molecule has 0 fully saturated rings. The molecule has 0 saturated heterocycles. The number of carbonyl (C=O) groups excluding carboxylic acids is 3. The maximum absolute atomic E-state index is 12.1. The summed E-state index contributed by atoms with van der Waals surface area (Å²) in [5.41, 5.74) is 6.48. The van der Waals surface area contributed by atoms with E-state index in [4.69, 9.17) is 10.5 Å². The van der Waals surface area contributed by atoms with Crippen LogP contribution in [0.3, 0.4) is 0 Å². The molecule has 0 aliphatic carbocycles. The Morgan fingerprint density at radius 3 is 2.16 bits per heavy atom. The summed E-state index contributed by atoms with van der Waals surface area (Å²) in [6.07, 6.45) is 1.57. The second-order valence-corrected chi connectivity index (χ2v) is 5.09. The second-order valence-electron chi connectivity index (χ2n) is 5.09. The molecule has 0 saturated carbocycles. The van der Waals surface area contributed by atoms with Gasteiger partial charge in [-0.3, -0.25) is 9.59 Å². The first-order valence-electron chi connectivity index (χ1n) is 7.33. The van der Waals surface area contributed by atoms with Crippen LogP contribution in [0.2, 0.25) is 0 Å². The standard InChI is InChI=1S/C16H17N5O4/c1-9(25-16(24)13-14(17)19-8-7-18-13)15(23)21-12-5-3-11(4-6-12)20-10(2)22/h3-9H,1-2H3,(H2,17,19)(H,20,22)(H,21,23)/t9-/m0/s1. The van der Waals surface area contributed by atoms with Crippen LogP contribution < -0.4 is 16.4 Å². The molecule has 1 heterocycles. The van der Waals surface area contributed by atoms with Gasteiger partial charge in [0.25, 0.3) is 5.91 Å². The van der Waals surface area contributed by atoms with Crippen molar-refractivity contribution >= 4 is 35.0 Å². The predicted molar refractivity (Wildman–Crippen MR) is 90.7 cm³/mol. The summed E-state index contributed by atoms with van der Waals surface area (Å²) in [5.74, 6) is -1.63. The Hall–Kier alpha value is -3.49. The summed E-state index contributed by atoms with van der Waals surface area (Å²) < 4.78 is 5.04. The van der Waals surface area contributed by atoms with Crippen LogP contribution in [0.1, 0.15) is 24.3 Å². The number of anilines is 3. The van der Waals surface area contributed by atoms with E-state index >= 15 is 0 Å². The minimum Gasteiger partial charge on any atom is -0.448 e. The van der Waals surface area contributed by atoms with Crippen molar-refractivity contribution in [2.24, 2.45) is 0 Å². The van der Waals surface area contributed by atoms with E-state index in [9.17, 15) is 14.4 Å². The first-order valence-corrected chi connectivity index (χ1v) is 7.33. The van der Waals surface area contributed by atoms with Gasteiger partial charge in [0.05, 0.1) is 0 Å². The molecule has 9 nitrogen and oxygen atoms in total. The Balaban J connectivity index is 1.95. The van der Waals surface area contributed by atoms with Gasteiger partial charge in [-0.1, -0.05) is 0 Å². The fraction of sp³-hybridized carbons (Fsp3) is 0.188. The molecule has 2 aromatic rings. The minimum absolute atomic E-state index is 0.0753. The quantitative estimate of drug-likeness (QED) is 0.694. The van der Waals surface area contributed by atoms with Gasteiger partial charge in [-0.2, -0.15) is 0 Å². The maximum atomic E-state index is 12.1. The third-order valence-corrected chi connectivity index (χ3v) is 3.05. The molecular weight excluding hydrogens is 326 g/mol. The van der Waals surface area contributed by atoms with Crippen molar-refractivity contribution in [2.75, 3.05) is 16.4 Å². The number of esters is 1. The maximum Gasteiger partial charge on any atom is 0.361 e. The highest BCUT2D eigenvalue weighted by atomic mass is 16.5. The van der Waals surface area contributed by atoms with Crippen molar-refractivity contribution in [2.45, 2.75) is 20.0 Å². The lowest BCUT2D eigenvalue weighted by Gasteiger charge is -2.14. The Morgan fingerprint density at radius 2 is 1.60 bits per heavy atom. The number of rotatable bonds is 5. The van der Waals surface area contributed by atoms with Gasteiger partial charge < -0.3 is 21.1 Å². The van der Waals surface area contributed by atoms with Crippen molar-refractivity contribution in [3.05, 3.63) is 42.4 Å². The van der Waals surface area contributed by atoms with Gasteiger partial charge in [0.15, 0.2) is 17.6 Å². The lowest BCUT2D eigenvalue weighted by molar-refractivity contribution is -0.123. The Kier molecular flexibility index (Phi) is 5.62. The van der Waals surface area contributed by atoms with Crippen LogP contribution in [0.4, 0.5) is 17.2 Å². The van der Waals surface area contributed by atoms with E-state index in [2.05, 4.69) is 20.6 Å². The van der Waals surface area contributed by atoms with Crippen molar-refractivity contribution in [1.29, 1.82) is 0 Å². The molecule has 25 heavy (non-hydrogen) atoms. The van der Waals surface area contributed by atoms with Crippen molar-refractivity contribution in [3.63, 3.8) is 0 Å². The Bertz CT molecular complexity index is 791. The van der Waals surface area contributed by atoms with Crippen LogP contribution in [0.15, 0.2) is 36.7 Å². The molecule has 9 heteroatoms. The van der Waals surface area contributed by atoms with Crippen LogP contribution in [0, 0.1) is 0 Å². The zero-order valence-corrected chi connectivity index (χ0v) is 13.6. The van der Waals surface area contributed by atoms with Crippen LogP contribution in [-0.2, 0) is 14.3 Å². The fourth-order valence-corrected chi connectivity index (χ4v) is 1.86. The average molecular weight is 343 g/mol. The van der Waals surface area contributed by atoms with Crippen molar-refractivity contribution in [3.8, 4) is 0 Å². The molecule has 2 amide bonds. The van der Waals surface area contributed by atoms with Crippen LogP contribution in [-0.4, -0.2) is 33.9 Å². The van der Waals surface area contributed by atoms with Gasteiger partial charge in [0.1, 0.15) is 0 Å². The number of ether oxygens (including phenoxy) is 1.